The zero-order valence-corrected chi connectivity index (χ0v) is 20.5. The average Bonchev–Trinajstić information content (AvgIpc) is 3.10. The number of anilines is 2. The van der Waals surface area contributed by atoms with Gasteiger partial charge in [0.1, 0.15) is 5.75 Å². The van der Waals surface area contributed by atoms with Crippen molar-refractivity contribution in [1.29, 1.82) is 0 Å². The molecule has 1 aliphatic heterocycles. The van der Waals surface area contributed by atoms with Gasteiger partial charge in [0.2, 0.25) is 5.91 Å². The summed E-state index contributed by atoms with van der Waals surface area (Å²) in [5.41, 5.74) is 2.61. The Labute approximate surface area is 201 Å². The lowest BCUT2D eigenvalue weighted by molar-refractivity contribution is -0.114. The Balaban J connectivity index is 1.82. The molecular formula is C26H34N4O4. The Morgan fingerprint density at radius 1 is 0.971 bits per heavy atom. The molecule has 1 saturated heterocycles. The molecule has 3 rings (SSSR count). The maximum atomic E-state index is 13.3. The number of methoxy groups -OCH3 is 1. The molecular weight excluding hydrogens is 432 g/mol. The summed E-state index contributed by atoms with van der Waals surface area (Å²) >= 11 is 0. The summed E-state index contributed by atoms with van der Waals surface area (Å²) < 4.78 is 5.18. The first-order valence-corrected chi connectivity index (χ1v) is 11.8. The lowest BCUT2D eigenvalue weighted by Gasteiger charge is -2.28. The minimum absolute atomic E-state index is 0.00931. The van der Waals surface area contributed by atoms with Crippen molar-refractivity contribution in [3.05, 3.63) is 53.6 Å². The zero-order valence-electron chi connectivity index (χ0n) is 20.5. The summed E-state index contributed by atoms with van der Waals surface area (Å²) in [4.78, 5) is 43.7. The number of nitrogens with zero attached hydrogens (tertiary/aromatic N) is 3. The molecule has 1 aliphatic rings. The monoisotopic (exact) mass is 466 g/mol. The summed E-state index contributed by atoms with van der Waals surface area (Å²) in [5, 5.41) is 2.78. The number of hydrogen-bond acceptors (Lipinski definition) is 5. The quantitative estimate of drug-likeness (QED) is 0.676. The second-order valence-corrected chi connectivity index (χ2v) is 8.25. The number of carbonyl (C=O) groups excluding carboxylic acids is 3. The molecule has 0 bridgehead atoms. The van der Waals surface area contributed by atoms with Gasteiger partial charge in [0.05, 0.1) is 12.7 Å². The Kier molecular flexibility index (Phi) is 8.51. The third kappa shape index (κ3) is 5.87. The minimum Gasteiger partial charge on any atom is -0.497 e. The molecule has 0 radical (unpaired) electrons. The van der Waals surface area contributed by atoms with Crippen molar-refractivity contribution in [3.63, 3.8) is 0 Å². The molecule has 1 N–H and O–H groups in total. The Morgan fingerprint density at radius 3 is 2.29 bits per heavy atom. The van der Waals surface area contributed by atoms with Gasteiger partial charge in [-0.05, 0) is 62.7 Å². The number of hydrogen-bond donors (Lipinski definition) is 1. The number of benzene rings is 2. The highest BCUT2D eigenvalue weighted by Crippen LogP contribution is 2.27. The van der Waals surface area contributed by atoms with Crippen molar-refractivity contribution in [2.75, 3.05) is 56.6 Å². The van der Waals surface area contributed by atoms with E-state index in [2.05, 4.69) is 10.2 Å². The highest BCUT2D eigenvalue weighted by molar-refractivity contribution is 6.02. The van der Waals surface area contributed by atoms with E-state index in [-0.39, 0.29) is 17.7 Å². The molecule has 0 saturated carbocycles. The first kappa shape index (κ1) is 25.1. The molecule has 182 valence electrons. The van der Waals surface area contributed by atoms with E-state index in [9.17, 15) is 14.4 Å². The first-order chi connectivity index (χ1) is 16.4. The van der Waals surface area contributed by atoms with Gasteiger partial charge in [0.25, 0.3) is 11.8 Å². The van der Waals surface area contributed by atoms with E-state index in [1.807, 2.05) is 30.9 Å². The molecule has 34 heavy (non-hydrogen) atoms. The maximum absolute atomic E-state index is 13.3. The predicted molar refractivity (Wildman–Crippen MR) is 134 cm³/mol. The van der Waals surface area contributed by atoms with E-state index in [0.29, 0.717) is 55.3 Å². The van der Waals surface area contributed by atoms with Crippen molar-refractivity contribution < 1.29 is 19.1 Å². The maximum Gasteiger partial charge on any atom is 0.256 e. The number of amides is 3. The van der Waals surface area contributed by atoms with E-state index >= 15 is 0 Å². The van der Waals surface area contributed by atoms with Gasteiger partial charge in [-0.2, -0.15) is 0 Å². The molecule has 1 fully saturated rings. The number of nitrogens with one attached hydrogen (secondary N) is 1. The lowest BCUT2D eigenvalue weighted by Crippen LogP contribution is -2.36. The minimum atomic E-state index is -0.184. The summed E-state index contributed by atoms with van der Waals surface area (Å²) in [7, 11) is 1.60. The van der Waals surface area contributed by atoms with Crippen LogP contribution in [0.3, 0.4) is 0 Å². The third-order valence-corrected chi connectivity index (χ3v) is 6.06. The van der Waals surface area contributed by atoms with Crippen LogP contribution in [-0.2, 0) is 4.79 Å². The highest BCUT2D eigenvalue weighted by Gasteiger charge is 2.25. The van der Waals surface area contributed by atoms with Crippen LogP contribution >= 0.6 is 0 Å². The summed E-state index contributed by atoms with van der Waals surface area (Å²) in [6, 6.07) is 12.6. The second-order valence-electron chi connectivity index (χ2n) is 8.25. The van der Waals surface area contributed by atoms with Gasteiger partial charge < -0.3 is 24.8 Å². The fraction of sp³-hybridized carbons (Fsp3) is 0.423. The van der Waals surface area contributed by atoms with Crippen molar-refractivity contribution in [2.24, 2.45) is 0 Å². The normalized spacial score (nSPS) is 13.8. The zero-order chi connectivity index (χ0) is 24.7. The van der Waals surface area contributed by atoms with Crippen LogP contribution in [0.5, 0.6) is 5.75 Å². The van der Waals surface area contributed by atoms with Crippen molar-refractivity contribution in [2.45, 2.75) is 27.2 Å². The smallest absolute Gasteiger partial charge is 0.256 e. The molecule has 8 nitrogen and oxygen atoms in total. The number of rotatable bonds is 7. The van der Waals surface area contributed by atoms with Crippen LogP contribution in [0.4, 0.5) is 11.4 Å². The molecule has 8 heteroatoms. The molecule has 0 unspecified atom stereocenters. The van der Waals surface area contributed by atoms with Crippen LogP contribution in [0.1, 0.15) is 47.9 Å². The standard InChI is InChI=1S/C26H34N4O4/c1-5-28(6-2)26(33)23-18-21(27-19(3)31)10-13-24(23)29-14-7-15-30(17-16-29)25(32)20-8-11-22(34-4)12-9-20/h8-13,18H,5-7,14-17H2,1-4H3,(H,27,31). The molecule has 0 atom stereocenters. The molecule has 2 aromatic carbocycles. The van der Waals surface area contributed by atoms with E-state index in [4.69, 9.17) is 4.74 Å². The lowest BCUT2D eigenvalue weighted by atomic mass is 10.1. The first-order valence-electron chi connectivity index (χ1n) is 11.8. The average molecular weight is 467 g/mol. The molecule has 0 aromatic heterocycles. The van der Waals surface area contributed by atoms with Crippen molar-refractivity contribution in [3.8, 4) is 5.75 Å². The summed E-state index contributed by atoms with van der Waals surface area (Å²) in [6.07, 6.45) is 0.786. The summed E-state index contributed by atoms with van der Waals surface area (Å²) in [6.45, 7) is 9.09. The molecule has 0 aliphatic carbocycles. The van der Waals surface area contributed by atoms with E-state index in [0.717, 1.165) is 18.7 Å². The Bertz CT molecular complexity index is 1020. The van der Waals surface area contributed by atoms with Crippen LogP contribution in [0.25, 0.3) is 0 Å². The Morgan fingerprint density at radius 2 is 1.68 bits per heavy atom. The number of carbonyl (C=O) groups is 3. The van der Waals surface area contributed by atoms with Crippen LogP contribution < -0.4 is 15.0 Å². The van der Waals surface area contributed by atoms with Crippen LogP contribution in [-0.4, -0.2) is 73.9 Å². The molecule has 3 amide bonds. The van der Waals surface area contributed by atoms with E-state index < -0.39 is 0 Å². The molecule has 2 aromatic rings. The highest BCUT2D eigenvalue weighted by atomic mass is 16.5. The van der Waals surface area contributed by atoms with Gasteiger partial charge in [-0.1, -0.05) is 0 Å². The van der Waals surface area contributed by atoms with E-state index in [1.165, 1.54) is 6.92 Å². The van der Waals surface area contributed by atoms with E-state index in [1.54, 1.807) is 42.3 Å². The van der Waals surface area contributed by atoms with Gasteiger partial charge in [-0.3, -0.25) is 14.4 Å². The van der Waals surface area contributed by atoms with Gasteiger partial charge in [-0.25, -0.2) is 0 Å². The topological polar surface area (TPSA) is 82.2 Å². The third-order valence-electron chi connectivity index (χ3n) is 6.06. The van der Waals surface area contributed by atoms with Crippen molar-refractivity contribution >= 4 is 29.1 Å². The summed E-state index contributed by atoms with van der Waals surface area (Å²) in [5.74, 6) is 0.454. The molecule has 0 spiro atoms. The van der Waals surface area contributed by atoms with Crippen LogP contribution in [0.15, 0.2) is 42.5 Å². The predicted octanol–water partition coefficient (Wildman–Crippen LogP) is 3.49. The second kappa shape index (κ2) is 11.5. The fourth-order valence-electron chi connectivity index (χ4n) is 4.22. The van der Waals surface area contributed by atoms with Crippen LogP contribution in [0, 0.1) is 0 Å². The van der Waals surface area contributed by atoms with Crippen molar-refractivity contribution in [1.82, 2.24) is 9.80 Å². The SMILES string of the molecule is CCN(CC)C(=O)c1cc(NC(C)=O)ccc1N1CCCN(C(=O)c2ccc(OC)cc2)CC1. The number of ether oxygens (including phenoxy) is 1. The van der Waals surface area contributed by atoms with Gasteiger partial charge in [-0.15, -0.1) is 0 Å². The van der Waals surface area contributed by atoms with Gasteiger partial charge >= 0.3 is 0 Å². The van der Waals surface area contributed by atoms with Gasteiger partial charge in [0.15, 0.2) is 0 Å². The Hall–Kier alpha value is -3.55. The fourth-order valence-corrected chi connectivity index (χ4v) is 4.22. The van der Waals surface area contributed by atoms with Crippen LogP contribution in [0.2, 0.25) is 0 Å². The van der Waals surface area contributed by atoms with Gasteiger partial charge in [0, 0.05) is 63.1 Å². The molecule has 1 heterocycles. The largest absolute Gasteiger partial charge is 0.497 e.